The number of rotatable bonds is 6. The first kappa shape index (κ1) is 13.7. The van der Waals surface area contributed by atoms with Gasteiger partial charge in [0, 0.05) is 18.5 Å². The van der Waals surface area contributed by atoms with E-state index < -0.39 is 5.97 Å². The van der Waals surface area contributed by atoms with Gasteiger partial charge in [0.15, 0.2) is 0 Å². The number of pyridine rings is 1. The molecule has 0 saturated heterocycles. The number of carboxylic acids is 1. The second-order valence-corrected chi connectivity index (χ2v) is 4.56. The molecule has 0 aromatic carbocycles. The number of aromatic nitrogens is 1. The summed E-state index contributed by atoms with van der Waals surface area (Å²) in [6.07, 6.45) is 6.38. The number of hydrogen-bond acceptors (Lipinski definition) is 4. The molecular weight excluding hydrogens is 260 g/mol. The Bertz CT molecular complexity index is 446. The third kappa shape index (κ3) is 4.55. The molecule has 0 unspecified atom stereocenters. The zero-order chi connectivity index (χ0) is 12.7. The molecule has 90 valence electrons. The van der Waals surface area contributed by atoms with Crippen LogP contribution >= 0.6 is 23.4 Å². The topological polar surface area (TPSA) is 62.2 Å². The molecule has 4 nitrogen and oxygen atoms in total. The van der Waals surface area contributed by atoms with E-state index in [0.29, 0.717) is 23.1 Å². The van der Waals surface area contributed by atoms with Crippen LogP contribution in [0.1, 0.15) is 10.4 Å². The fourth-order valence-electron chi connectivity index (χ4n) is 1.06. The van der Waals surface area contributed by atoms with E-state index in [4.69, 9.17) is 23.1 Å². The highest BCUT2D eigenvalue weighted by molar-refractivity contribution is 7.99. The maximum Gasteiger partial charge on any atom is 0.337 e. The van der Waals surface area contributed by atoms with Gasteiger partial charge in [-0.05, 0) is 6.07 Å². The summed E-state index contributed by atoms with van der Waals surface area (Å²) in [5, 5.41) is 12.0. The van der Waals surface area contributed by atoms with E-state index in [0.717, 1.165) is 5.75 Å². The fraction of sp³-hybridized carbons (Fsp3) is 0.273. The summed E-state index contributed by atoms with van der Waals surface area (Å²) in [5.74, 6) is 3.47. The van der Waals surface area contributed by atoms with Crippen molar-refractivity contribution in [2.75, 3.05) is 23.4 Å². The molecule has 1 aromatic heterocycles. The maximum atomic E-state index is 10.7. The summed E-state index contributed by atoms with van der Waals surface area (Å²) >= 11 is 7.51. The van der Waals surface area contributed by atoms with Gasteiger partial charge in [-0.3, -0.25) is 0 Å². The lowest BCUT2D eigenvalue weighted by atomic mass is 10.3. The molecule has 0 radical (unpaired) electrons. The van der Waals surface area contributed by atoms with Crippen LogP contribution in [0.3, 0.4) is 0 Å². The Morgan fingerprint density at radius 3 is 3.06 bits per heavy atom. The predicted molar refractivity (Wildman–Crippen MR) is 70.9 cm³/mol. The highest BCUT2D eigenvalue weighted by atomic mass is 35.5. The lowest BCUT2D eigenvalue weighted by Crippen LogP contribution is -2.07. The van der Waals surface area contributed by atoms with Crippen LogP contribution in [0.4, 0.5) is 5.82 Å². The molecule has 0 fully saturated rings. The molecule has 0 aliphatic carbocycles. The molecule has 1 aromatic rings. The number of halogens is 1. The van der Waals surface area contributed by atoms with E-state index in [1.807, 2.05) is 0 Å². The highest BCUT2D eigenvalue weighted by Crippen LogP contribution is 2.20. The highest BCUT2D eigenvalue weighted by Gasteiger charge is 2.07. The van der Waals surface area contributed by atoms with Gasteiger partial charge < -0.3 is 10.4 Å². The lowest BCUT2D eigenvalue weighted by molar-refractivity contribution is 0.0696. The number of terminal acetylenes is 1. The summed E-state index contributed by atoms with van der Waals surface area (Å²) in [4.78, 5) is 14.6. The van der Waals surface area contributed by atoms with Crippen molar-refractivity contribution in [3.8, 4) is 12.3 Å². The van der Waals surface area contributed by atoms with E-state index in [1.165, 1.54) is 12.3 Å². The Balaban J connectivity index is 2.50. The molecule has 0 bridgehead atoms. The van der Waals surface area contributed by atoms with E-state index in [9.17, 15) is 4.79 Å². The molecule has 17 heavy (non-hydrogen) atoms. The minimum Gasteiger partial charge on any atom is -0.478 e. The van der Waals surface area contributed by atoms with E-state index in [2.05, 4.69) is 16.2 Å². The van der Waals surface area contributed by atoms with Crippen molar-refractivity contribution in [1.29, 1.82) is 0 Å². The van der Waals surface area contributed by atoms with Crippen LogP contribution in [0.15, 0.2) is 12.3 Å². The number of carbonyl (C=O) groups is 1. The van der Waals surface area contributed by atoms with Crippen molar-refractivity contribution in [3.63, 3.8) is 0 Å². The first-order chi connectivity index (χ1) is 8.15. The quantitative estimate of drug-likeness (QED) is 0.613. The van der Waals surface area contributed by atoms with Crippen LogP contribution in [0.25, 0.3) is 0 Å². The molecule has 1 rings (SSSR count). The summed E-state index contributed by atoms with van der Waals surface area (Å²) in [5.41, 5.74) is 0.0715. The van der Waals surface area contributed by atoms with Gasteiger partial charge in [0.1, 0.15) is 5.82 Å². The van der Waals surface area contributed by atoms with Crippen LogP contribution in [0.5, 0.6) is 0 Å². The zero-order valence-corrected chi connectivity index (χ0v) is 10.5. The molecule has 2 N–H and O–H groups in total. The molecule has 0 saturated carbocycles. The summed E-state index contributed by atoms with van der Waals surface area (Å²) < 4.78 is 0. The van der Waals surface area contributed by atoms with Crippen LogP contribution in [-0.4, -0.2) is 34.1 Å². The van der Waals surface area contributed by atoms with Gasteiger partial charge in [-0.2, -0.15) is 0 Å². The van der Waals surface area contributed by atoms with Gasteiger partial charge in [-0.25, -0.2) is 9.78 Å². The smallest absolute Gasteiger partial charge is 0.337 e. The minimum absolute atomic E-state index is 0.0715. The number of thioether (sulfide) groups is 1. The van der Waals surface area contributed by atoms with Gasteiger partial charge in [0.25, 0.3) is 0 Å². The van der Waals surface area contributed by atoms with Gasteiger partial charge in [-0.1, -0.05) is 17.5 Å². The Morgan fingerprint density at radius 1 is 1.71 bits per heavy atom. The number of hydrogen-bond donors (Lipinski definition) is 2. The number of nitrogens with zero attached hydrogens (tertiary/aromatic N) is 1. The molecule has 1 heterocycles. The van der Waals surface area contributed by atoms with Gasteiger partial charge in [0.05, 0.1) is 16.3 Å². The number of carboxylic acid groups (broad SMARTS) is 1. The molecule has 0 atom stereocenters. The van der Waals surface area contributed by atoms with Crippen LogP contribution in [0.2, 0.25) is 5.02 Å². The normalized spacial score (nSPS) is 9.65. The lowest BCUT2D eigenvalue weighted by Gasteiger charge is -2.06. The van der Waals surface area contributed by atoms with E-state index >= 15 is 0 Å². The first-order valence-corrected chi connectivity index (χ1v) is 6.32. The molecule has 0 aliphatic rings. The average molecular weight is 271 g/mol. The van der Waals surface area contributed by atoms with Crippen molar-refractivity contribution >= 4 is 35.1 Å². The molecule has 0 spiro atoms. The van der Waals surface area contributed by atoms with E-state index in [-0.39, 0.29) is 5.56 Å². The number of nitrogens with one attached hydrogen (secondary N) is 1. The standard InChI is InChI=1S/C11H11ClN2O2S/c1-2-4-17-5-3-13-10-9(12)6-8(7-14-10)11(15)16/h1,6-7H,3-5H2,(H,13,14)(H,15,16). The molecule has 0 amide bonds. The van der Waals surface area contributed by atoms with Crippen molar-refractivity contribution in [3.05, 3.63) is 22.8 Å². The van der Waals surface area contributed by atoms with Gasteiger partial charge in [0.2, 0.25) is 0 Å². The monoisotopic (exact) mass is 270 g/mol. The zero-order valence-electron chi connectivity index (χ0n) is 8.94. The van der Waals surface area contributed by atoms with Crippen molar-refractivity contribution < 1.29 is 9.90 Å². The van der Waals surface area contributed by atoms with Crippen LogP contribution in [-0.2, 0) is 0 Å². The third-order valence-electron chi connectivity index (χ3n) is 1.81. The Labute approximate surface area is 109 Å². The largest absolute Gasteiger partial charge is 0.478 e. The first-order valence-electron chi connectivity index (χ1n) is 4.79. The SMILES string of the molecule is C#CCSCCNc1ncc(C(=O)O)cc1Cl. The summed E-state index contributed by atoms with van der Waals surface area (Å²) in [7, 11) is 0. The third-order valence-corrected chi connectivity index (χ3v) is 2.96. The Hall–Kier alpha value is -1.38. The van der Waals surface area contributed by atoms with Gasteiger partial charge in [-0.15, -0.1) is 18.2 Å². The van der Waals surface area contributed by atoms with E-state index in [1.54, 1.807) is 11.8 Å². The molecule has 0 aliphatic heterocycles. The molecule has 6 heteroatoms. The van der Waals surface area contributed by atoms with Crippen molar-refractivity contribution in [2.45, 2.75) is 0 Å². The Kier molecular flexibility index (Phi) is 5.67. The summed E-state index contributed by atoms with van der Waals surface area (Å²) in [6.45, 7) is 0.672. The minimum atomic E-state index is -1.05. The summed E-state index contributed by atoms with van der Waals surface area (Å²) in [6, 6.07) is 1.37. The average Bonchev–Trinajstić information content (AvgIpc) is 2.30. The number of aromatic carboxylic acids is 1. The second-order valence-electron chi connectivity index (χ2n) is 3.04. The van der Waals surface area contributed by atoms with Gasteiger partial charge >= 0.3 is 5.97 Å². The molecular formula is C11H11ClN2O2S. The van der Waals surface area contributed by atoms with Crippen LogP contribution in [0, 0.1) is 12.3 Å². The second kappa shape index (κ2) is 7.05. The van der Waals surface area contributed by atoms with Crippen LogP contribution < -0.4 is 5.32 Å². The predicted octanol–water partition coefficient (Wildman–Crippen LogP) is 2.21. The van der Waals surface area contributed by atoms with Crippen molar-refractivity contribution in [2.24, 2.45) is 0 Å². The fourth-order valence-corrected chi connectivity index (χ4v) is 1.80. The number of anilines is 1. The van der Waals surface area contributed by atoms with Crippen molar-refractivity contribution in [1.82, 2.24) is 4.98 Å². The maximum absolute atomic E-state index is 10.7. The Morgan fingerprint density at radius 2 is 2.47 bits per heavy atom.